The Morgan fingerprint density at radius 2 is 1.76 bits per heavy atom. The number of hydrogen-bond donors (Lipinski definition) is 2. The number of Topliss-reactive ketones (excluding diaryl/α,β-unsaturated/α-hetero) is 1. The summed E-state index contributed by atoms with van der Waals surface area (Å²) in [5, 5.41) is 5.63. The van der Waals surface area contributed by atoms with Gasteiger partial charge in [0.2, 0.25) is 0 Å². The van der Waals surface area contributed by atoms with Gasteiger partial charge < -0.3 is 20.1 Å². The Kier molecular flexibility index (Phi) is 9.14. The van der Waals surface area contributed by atoms with Gasteiger partial charge in [-0.05, 0) is 59.1 Å². The Morgan fingerprint density at radius 3 is 2.31 bits per heavy atom. The van der Waals surface area contributed by atoms with Gasteiger partial charge in [-0.25, -0.2) is 4.79 Å². The third-order valence-corrected chi connectivity index (χ3v) is 3.92. The zero-order valence-corrected chi connectivity index (χ0v) is 18.5. The molecule has 2 N–H and O–H groups in total. The molecule has 29 heavy (non-hydrogen) atoms. The molecule has 7 nitrogen and oxygen atoms in total. The highest BCUT2D eigenvalue weighted by atomic mass is 16.6. The highest BCUT2D eigenvalue weighted by Gasteiger charge is 2.22. The molecular weight excluding hydrogens is 372 g/mol. The highest BCUT2D eigenvalue weighted by molar-refractivity contribution is 5.94. The SMILES string of the molecule is CC(=O)c1cccc(O[C@@H](C)C(=O)N[C@H](CNC(=O)OC(C)(C)C)CC(C)C)c1. The zero-order chi connectivity index (χ0) is 22.2. The van der Waals surface area contributed by atoms with Crippen LogP contribution in [0.2, 0.25) is 0 Å². The van der Waals surface area contributed by atoms with E-state index < -0.39 is 17.8 Å². The van der Waals surface area contributed by atoms with Gasteiger partial charge in [0.1, 0.15) is 11.4 Å². The second-order valence-corrected chi connectivity index (χ2v) is 8.56. The van der Waals surface area contributed by atoms with Crippen LogP contribution < -0.4 is 15.4 Å². The van der Waals surface area contributed by atoms with Crippen molar-refractivity contribution in [3.63, 3.8) is 0 Å². The first-order valence-electron chi connectivity index (χ1n) is 9.92. The van der Waals surface area contributed by atoms with Crippen LogP contribution in [0.25, 0.3) is 0 Å². The van der Waals surface area contributed by atoms with Crippen LogP contribution in [0.15, 0.2) is 24.3 Å². The Hall–Kier alpha value is -2.57. The molecule has 0 fully saturated rings. The van der Waals surface area contributed by atoms with Crippen molar-refractivity contribution in [3.05, 3.63) is 29.8 Å². The van der Waals surface area contributed by atoms with Crippen LogP contribution in [0.1, 0.15) is 65.2 Å². The number of rotatable bonds is 9. The van der Waals surface area contributed by atoms with E-state index >= 15 is 0 Å². The van der Waals surface area contributed by atoms with Gasteiger partial charge in [0.25, 0.3) is 5.91 Å². The summed E-state index contributed by atoms with van der Waals surface area (Å²) < 4.78 is 10.9. The molecule has 1 aromatic carbocycles. The molecule has 0 heterocycles. The number of ketones is 1. The molecule has 1 rings (SSSR count). The smallest absolute Gasteiger partial charge is 0.407 e. The Bertz CT molecular complexity index is 709. The molecule has 0 unspecified atom stereocenters. The number of hydrogen-bond acceptors (Lipinski definition) is 5. The average Bonchev–Trinajstić information content (AvgIpc) is 2.57. The fourth-order valence-electron chi connectivity index (χ4n) is 2.65. The van der Waals surface area contributed by atoms with E-state index in [-0.39, 0.29) is 24.3 Å². The molecule has 0 aliphatic heterocycles. The number of benzene rings is 1. The molecule has 7 heteroatoms. The molecule has 0 saturated carbocycles. The standard InChI is InChI=1S/C22H34N2O5/c1-14(2)11-18(13-23-21(27)29-22(5,6)7)24-20(26)16(4)28-19-10-8-9-17(12-19)15(3)25/h8-10,12,14,16,18H,11,13H2,1-7H3,(H,23,27)(H,24,26)/t16-,18-/m0/s1. The predicted molar refractivity (Wildman–Crippen MR) is 112 cm³/mol. The lowest BCUT2D eigenvalue weighted by Gasteiger charge is -2.25. The Labute approximate surface area is 173 Å². The number of amides is 2. The van der Waals surface area contributed by atoms with Crippen molar-refractivity contribution in [1.29, 1.82) is 0 Å². The summed E-state index contributed by atoms with van der Waals surface area (Å²) in [7, 11) is 0. The molecule has 2 atom stereocenters. The summed E-state index contributed by atoms with van der Waals surface area (Å²) in [4.78, 5) is 36.0. The minimum absolute atomic E-state index is 0.0715. The summed E-state index contributed by atoms with van der Waals surface area (Å²) >= 11 is 0. The number of alkyl carbamates (subject to hydrolysis) is 1. The first kappa shape index (κ1) is 24.5. The van der Waals surface area contributed by atoms with E-state index in [9.17, 15) is 14.4 Å². The lowest BCUT2D eigenvalue weighted by molar-refractivity contribution is -0.128. The van der Waals surface area contributed by atoms with Crippen molar-refractivity contribution in [2.75, 3.05) is 6.54 Å². The normalized spacial score (nSPS) is 13.4. The van der Waals surface area contributed by atoms with Crippen LogP contribution >= 0.6 is 0 Å². The second-order valence-electron chi connectivity index (χ2n) is 8.56. The van der Waals surface area contributed by atoms with Gasteiger partial charge in [0.05, 0.1) is 0 Å². The molecule has 1 aromatic rings. The van der Waals surface area contributed by atoms with Crippen LogP contribution in [0.4, 0.5) is 4.79 Å². The topological polar surface area (TPSA) is 93.7 Å². The predicted octanol–water partition coefficient (Wildman–Crippen LogP) is 3.71. The maximum Gasteiger partial charge on any atom is 0.407 e. The quantitative estimate of drug-likeness (QED) is 0.610. The van der Waals surface area contributed by atoms with E-state index in [1.807, 2.05) is 13.8 Å². The van der Waals surface area contributed by atoms with Gasteiger partial charge in [-0.1, -0.05) is 26.0 Å². The monoisotopic (exact) mass is 406 g/mol. The number of ether oxygens (including phenoxy) is 2. The van der Waals surface area contributed by atoms with E-state index in [4.69, 9.17) is 9.47 Å². The lowest BCUT2D eigenvalue weighted by Crippen LogP contribution is -2.48. The van der Waals surface area contributed by atoms with E-state index in [0.29, 0.717) is 23.7 Å². The Morgan fingerprint density at radius 1 is 1.10 bits per heavy atom. The van der Waals surface area contributed by atoms with Crippen molar-refractivity contribution in [2.45, 2.75) is 72.6 Å². The van der Waals surface area contributed by atoms with Crippen LogP contribution in [-0.2, 0) is 9.53 Å². The fourth-order valence-corrected chi connectivity index (χ4v) is 2.65. The first-order chi connectivity index (χ1) is 13.4. The van der Waals surface area contributed by atoms with Gasteiger partial charge in [-0.2, -0.15) is 0 Å². The van der Waals surface area contributed by atoms with Gasteiger partial charge in [0, 0.05) is 18.2 Å². The molecule has 0 aliphatic rings. The van der Waals surface area contributed by atoms with Crippen molar-refractivity contribution >= 4 is 17.8 Å². The second kappa shape index (κ2) is 10.8. The largest absolute Gasteiger partial charge is 0.481 e. The maximum absolute atomic E-state index is 12.6. The third-order valence-electron chi connectivity index (χ3n) is 3.92. The zero-order valence-electron chi connectivity index (χ0n) is 18.5. The summed E-state index contributed by atoms with van der Waals surface area (Å²) in [6.45, 7) is 12.8. The molecule has 0 aromatic heterocycles. The minimum atomic E-state index is -0.756. The fraction of sp³-hybridized carbons (Fsp3) is 0.591. The van der Waals surface area contributed by atoms with Crippen LogP contribution in [-0.4, -0.2) is 42.1 Å². The lowest BCUT2D eigenvalue weighted by atomic mass is 10.0. The molecule has 0 aliphatic carbocycles. The summed E-state index contributed by atoms with van der Waals surface area (Å²) in [6.07, 6.45) is -0.590. The molecular formula is C22H34N2O5. The number of nitrogens with one attached hydrogen (secondary N) is 2. The van der Waals surface area contributed by atoms with Gasteiger partial charge in [0.15, 0.2) is 11.9 Å². The molecule has 0 saturated heterocycles. The summed E-state index contributed by atoms with van der Waals surface area (Å²) in [5.74, 6) is 0.407. The van der Waals surface area contributed by atoms with Crippen LogP contribution in [0, 0.1) is 5.92 Å². The molecule has 0 spiro atoms. The number of carbonyl (C=O) groups is 3. The summed E-state index contributed by atoms with van der Waals surface area (Å²) in [6, 6.07) is 6.46. The van der Waals surface area contributed by atoms with Crippen molar-refractivity contribution in [2.24, 2.45) is 5.92 Å². The molecule has 2 amide bonds. The minimum Gasteiger partial charge on any atom is -0.481 e. The van der Waals surface area contributed by atoms with Gasteiger partial charge in [-0.3, -0.25) is 9.59 Å². The van der Waals surface area contributed by atoms with Crippen LogP contribution in [0.5, 0.6) is 5.75 Å². The molecule has 0 radical (unpaired) electrons. The van der Waals surface area contributed by atoms with E-state index in [1.54, 1.807) is 52.0 Å². The Balaban J connectivity index is 2.67. The third kappa shape index (κ3) is 9.96. The van der Waals surface area contributed by atoms with Gasteiger partial charge >= 0.3 is 6.09 Å². The molecule has 162 valence electrons. The van der Waals surface area contributed by atoms with Crippen molar-refractivity contribution in [3.8, 4) is 5.75 Å². The van der Waals surface area contributed by atoms with E-state index in [1.165, 1.54) is 6.92 Å². The number of carbonyl (C=O) groups excluding carboxylic acids is 3. The average molecular weight is 407 g/mol. The highest BCUT2D eigenvalue weighted by Crippen LogP contribution is 2.16. The first-order valence-corrected chi connectivity index (χ1v) is 9.92. The van der Waals surface area contributed by atoms with Crippen LogP contribution in [0.3, 0.4) is 0 Å². The van der Waals surface area contributed by atoms with Gasteiger partial charge in [-0.15, -0.1) is 0 Å². The van der Waals surface area contributed by atoms with Crippen molar-refractivity contribution in [1.82, 2.24) is 10.6 Å². The molecule has 0 bridgehead atoms. The van der Waals surface area contributed by atoms with Crippen molar-refractivity contribution < 1.29 is 23.9 Å². The summed E-state index contributed by atoms with van der Waals surface area (Å²) in [5.41, 5.74) is -0.0631. The van der Waals surface area contributed by atoms with E-state index in [0.717, 1.165) is 0 Å². The maximum atomic E-state index is 12.6. The van der Waals surface area contributed by atoms with E-state index in [2.05, 4.69) is 10.6 Å².